The van der Waals surface area contributed by atoms with E-state index in [0.29, 0.717) is 0 Å². The quantitative estimate of drug-likeness (QED) is 0.707. The molecular weight excluding hydrogens is 254 g/mol. The van der Waals surface area contributed by atoms with E-state index in [0.717, 1.165) is 0 Å². The molecule has 6 heteroatoms. The zero-order valence-corrected chi connectivity index (χ0v) is 8.67. The second-order valence-electron chi connectivity index (χ2n) is 2.99. The average Bonchev–Trinajstić information content (AvgIpc) is 2.31. The second kappa shape index (κ2) is 3.21. The van der Waals surface area contributed by atoms with Gasteiger partial charge in [-0.1, -0.05) is 15.9 Å². The highest BCUT2D eigenvalue weighted by Gasteiger charge is 2.44. The number of sulfone groups is 1. The van der Waals surface area contributed by atoms with Crippen molar-refractivity contribution in [3.8, 4) is 0 Å². The monoisotopic (exact) mass is 262 g/mol. The molecule has 1 aliphatic rings. The van der Waals surface area contributed by atoms with E-state index in [-0.39, 0.29) is 17.9 Å². The van der Waals surface area contributed by atoms with Gasteiger partial charge in [0.05, 0.1) is 16.8 Å². The third kappa shape index (κ3) is 2.16. The molecule has 0 amide bonds. The van der Waals surface area contributed by atoms with E-state index in [1.54, 1.807) is 0 Å². The maximum atomic E-state index is 12.9. The Labute approximate surface area is 78.4 Å². The van der Waals surface area contributed by atoms with Crippen molar-refractivity contribution in [3.63, 3.8) is 0 Å². The van der Waals surface area contributed by atoms with E-state index >= 15 is 0 Å². The van der Waals surface area contributed by atoms with Crippen LogP contribution in [0.3, 0.4) is 0 Å². The Hall–Kier alpha value is 0.290. The molecule has 2 nitrogen and oxygen atoms in total. The Morgan fingerprint density at radius 3 is 2.42 bits per heavy atom. The molecule has 1 unspecified atom stereocenters. The first-order valence-electron chi connectivity index (χ1n) is 3.51. The molecule has 1 fully saturated rings. The molecule has 1 aliphatic heterocycles. The summed E-state index contributed by atoms with van der Waals surface area (Å²) in [5, 5.41) is -0.458. The van der Waals surface area contributed by atoms with Crippen LogP contribution < -0.4 is 0 Å². The highest BCUT2D eigenvalue weighted by atomic mass is 79.9. The first-order valence-corrected chi connectivity index (χ1v) is 6.46. The summed E-state index contributed by atoms with van der Waals surface area (Å²) in [5.41, 5.74) is 0. The normalized spacial score (nSPS) is 29.1. The van der Waals surface area contributed by atoms with Crippen LogP contribution in [0.4, 0.5) is 8.78 Å². The van der Waals surface area contributed by atoms with Gasteiger partial charge in [0, 0.05) is 5.92 Å². The van der Waals surface area contributed by atoms with Crippen LogP contribution in [0, 0.1) is 5.92 Å². The van der Waals surface area contributed by atoms with Crippen LogP contribution in [-0.2, 0) is 9.84 Å². The summed E-state index contributed by atoms with van der Waals surface area (Å²) in [6, 6.07) is 0. The Kier molecular flexibility index (Phi) is 2.78. The van der Waals surface area contributed by atoms with Gasteiger partial charge in [-0.3, -0.25) is 0 Å². The van der Waals surface area contributed by atoms with Crippen molar-refractivity contribution in [2.24, 2.45) is 5.92 Å². The summed E-state index contributed by atoms with van der Waals surface area (Å²) in [7, 11) is -3.19. The maximum Gasteiger partial charge on any atom is 0.261 e. The summed E-state index contributed by atoms with van der Waals surface area (Å²) in [6.07, 6.45) is 0.0843. The van der Waals surface area contributed by atoms with Crippen molar-refractivity contribution in [2.45, 2.75) is 12.3 Å². The summed E-state index contributed by atoms with van der Waals surface area (Å²) in [6.45, 7) is 0. The molecule has 1 saturated heterocycles. The van der Waals surface area contributed by atoms with Gasteiger partial charge in [-0.2, -0.15) is 0 Å². The molecule has 0 spiro atoms. The molecule has 0 aromatic rings. The van der Waals surface area contributed by atoms with Gasteiger partial charge in [0.1, 0.15) is 0 Å². The highest BCUT2D eigenvalue weighted by Crippen LogP contribution is 2.34. The number of alkyl halides is 3. The molecule has 72 valence electrons. The summed E-state index contributed by atoms with van der Waals surface area (Å²) in [4.78, 5) is 0. The van der Waals surface area contributed by atoms with Gasteiger partial charge in [0.2, 0.25) is 0 Å². The number of halogens is 3. The molecule has 0 radical (unpaired) electrons. The zero-order chi connectivity index (χ0) is 9.41. The van der Waals surface area contributed by atoms with Crippen molar-refractivity contribution in [1.29, 1.82) is 0 Å². The third-order valence-electron chi connectivity index (χ3n) is 2.01. The van der Waals surface area contributed by atoms with Crippen molar-refractivity contribution in [3.05, 3.63) is 0 Å². The summed E-state index contributed by atoms with van der Waals surface area (Å²) in [5.74, 6) is -4.35. The number of hydrogen-bond acceptors (Lipinski definition) is 2. The minimum absolute atomic E-state index is 0.0843. The third-order valence-corrected chi connectivity index (χ3v) is 4.52. The van der Waals surface area contributed by atoms with Gasteiger partial charge < -0.3 is 0 Å². The Morgan fingerprint density at radius 1 is 1.50 bits per heavy atom. The van der Waals surface area contributed by atoms with Gasteiger partial charge in [0.15, 0.2) is 9.84 Å². The Bertz CT molecular complexity index is 263. The molecule has 0 N–H and O–H groups in total. The van der Waals surface area contributed by atoms with Crippen molar-refractivity contribution < 1.29 is 17.2 Å². The van der Waals surface area contributed by atoms with Crippen LogP contribution >= 0.6 is 15.9 Å². The fraction of sp³-hybridized carbons (Fsp3) is 1.00. The van der Waals surface area contributed by atoms with Crippen LogP contribution in [0.15, 0.2) is 0 Å². The lowest BCUT2D eigenvalue weighted by molar-refractivity contribution is -0.0229. The van der Waals surface area contributed by atoms with Crippen molar-refractivity contribution >= 4 is 25.8 Å². The lowest BCUT2D eigenvalue weighted by Gasteiger charge is -2.18. The van der Waals surface area contributed by atoms with Gasteiger partial charge in [-0.05, 0) is 6.42 Å². The summed E-state index contributed by atoms with van der Waals surface area (Å²) >= 11 is 2.67. The molecular formula is C6H9BrF2O2S. The topological polar surface area (TPSA) is 34.1 Å². The molecule has 0 bridgehead atoms. The van der Waals surface area contributed by atoms with Gasteiger partial charge >= 0.3 is 0 Å². The van der Waals surface area contributed by atoms with E-state index in [1.165, 1.54) is 0 Å². The van der Waals surface area contributed by atoms with E-state index in [4.69, 9.17) is 0 Å². The highest BCUT2D eigenvalue weighted by molar-refractivity contribution is 9.09. The van der Waals surface area contributed by atoms with Gasteiger partial charge in [-0.15, -0.1) is 0 Å². The molecule has 0 saturated carbocycles. The fourth-order valence-corrected chi connectivity index (χ4v) is 3.53. The van der Waals surface area contributed by atoms with Gasteiger partial charge in [-0.25, -0.2) is 17.2 Å². The SMILES string of the molecule is O=S1(=O)CCC(C(F)(F)CBr)C1. The van der Waals surface area contributed by atoms with Crippen molar-refractivity contribution in [2.75, 3.05) is 16.8 Å². The minimum Gasteiger partial charge on any atom is -0.229 e. The predicted octanol–water partition coefficient (Wildman–Crippen LogP) is 1.45. The number of rotatable bonds is 2. The fourth-order valence-electron chi connectivity index (χ4n) is 1.24. The molecule has 1 rings (SSSR count). The largest absolute Gasteiger partial charge is 0.261 e. The van der Waals surface area contributed by atoms with E-state index < -0.39 is 27.0 Å². The lowest BCUT2D eigenvalue weighted by Crippen LogP contribution is -2.30. The molecule has 1 heterocycles. The second-order valence-corrected chi connectivity index (χ2v) is 5.78. The standard InChI is InChI=1S/C6H9BrF2O2S/c7-4-6(8,9)5-1-2-12(10,11)3-5/h5H,1-4H2. The zero-order valence-electron chi connectivity index (χ0n) is 6.26. The molecule has 0 aromatic heterocycles. The molecule has 12 heavy (non-hydrogen) atoms. The van der Waals surface area contributed by atoms with Crippen LogP contribution in [0.2, 0.25) is 0 Å². The first kappa shape index (κ1) is 10.4. The van der Waals surface area contributed by atoms with Crippen LogP contribution in [0.25, 0.3) is 0 Å². The predicted molar refractivity (Wildman–Crippen MR) is 45.5 cm³/mol. The van der Waals surface area contributed by atoms with Crippen LogP contribution in [0.5, 0.6) is 0 Å². The smallest absolute Gasteiger partial charge is 0.229 e. The maximum absolute atomic E-state index is 12.9. The Morgan fingerprint density at radius 2 is 2.08 bits per heavy atom. The molecule has 0 aromatic carbocycles. The van der Waals surface area contributed by atoms with E-state index in [1.807, 2.05) is 0 Å². The van der Waals surface area contributed by atoms with Crippen LogP contribution in [0.1, 0.15) is 6.42 Å². The number of hydrogen-bond donors (Lipinski definition) is 0. The van der Waals surface area contributed by atoms with Crippen molar-refractivity contribution in [1.82, 2.24) is 0 Å². The first-order chi connectivity index (χ1) is 5.37. The summed E-state index contributed by atoms with van der Waals surface area (Å²) < 4.78 is 47.5. The van der Waals surface area contributed by atoms with E-state index in [2.05, 4.69) is 15.9 Å². The average molecular weight is 263 g/mol. The molecule has 0 aliphatic carbocycles. The van der Waals surface area contributed by atoms with Gasteiger partial charge in [0.25, 0.3) is 5.92 Å². The van der Waals surface area contributed by atoms with Crippen LogP contribution in [-0.4, -0.2) is 31.2 Å². The molecule has 1 atom stereocenters. The lowest BCUT2D eigenvalue weighted by atomic mass is 10.0. The minimum atomic E-state index is -3.19. The van der Waals surface area contributed by atoms with E-state index in [9.17, 15) is 17.2 Å². The Balaban J connectivity index is 2.70.